The zero-order chi connectivity index (χ0) is 12.6. The molecule has 0 aliphatic heterocycles. The molecular weight excluding hydrogens is 310 g/mol. The first-order valence-electron chi connectivity index (χ1n) is 4.53. The number of halogens is 1. The van der Waals surface area contributed by atoms with Gasteiger partial charge in [0.15, 0.2) is 5.69 Å². The first kappa shape index (κ1) is 12.1. The van der Waals surface area contributed by atoms with Gasteiger partial charge in [0.2, 0.25) is 0 Å². The van der Waals surface area contributed by atoms with Gasteiger partial charge in [-0.3, -0.25) is 14.6 Å². The fraction of sp³-hybridized carbons (Fsp3) is 0.222. The van der Waals surface area contributed by atoms with Gasteiger partial charge in [0, 0.05) is 12.4 Å². The zero-order valence-electron chi connectivity index (χ0n) is 8.98. The first-order valence-corrected chi connectivity index (χ1v) is 6.20. The van der Waals surface area contributed by atoms with E-state index in [4.69, 9.17) is 0 Å². The van der Waals surface area contributed by atoms with Crippen LogP contribution in [0.1, 0.15) is 10.5 Å². The van der Waals surface area contributed by atoms with E-state index in [2.05, 4.69) is 30.7 Å². The van der Waals surface area contributed by atoms with Gasteiger partial charge in [-0.05, 0) is 15.9 Å². The molecule has 2 aromatic rings. The summed E-state index contributed by atoms with van der Waals surface area (Å²) in [7, 11) is 2.79. The predicted molar refractivity (Wildman–Crippen MR) is 66.2 cm³/mol. The maximum absolute atomic E-state index is 11.9. The summed E-state index contributed by atoms with van der Waals surface area (Å²) in [6.45, 7) is 0. The van der Waals surface area contributed by atoms with Gasteiger partial charge in [-0.15, -0.1) is 11.3 Å². The molecule has 6 nitrogen and oxygen atoms in total. The van der Waals surface area contributed by atoms with E-state index < -0.39 is 5.97 Å². The summed E-state index contributed by atoms with van der Waals surface area (Å²) >= 11 is 4.48. The number of nitrogens with one attached hydrogen (secondary N) is 1. The minimum absolute atomic E-state index is 0.113. The van der Waals surface area contributed by atoms with Crippen LogP contribution in [0.25, 0.3) is 10.6 Å². The van der Waals surface area contributed by atoms with Crippen molar-refractivity contribution < 1.29 is 9.53 Å². The number of aryl methyl sites for hydroxylation is 1. The van der Waals surface area contributed by atoms with E-state index in [0.29, 0.717) is 9.61 Å². The summed E-state index contributed by atoms with van der Waals surface area (Å²) in [5, 5.41) is 4.86. The topological polar surface area (TPSA) is 77.0 Å². The number of aromatic amines is 1. The molecule has 0 bridgehead atoms. The highest BCUT2D eigenvalue weighted by Gasteiger charge is 2.23. The predicted octanol–water partition coefficient (Wildman–Crippen LogP) is 1.39. The summed E-state index contributed by atoms with van der Waals surface area (Å²) in [4.78, 5) is 27.6. The molecule has 90 valence electrons. The molecule has 0 unspecified atom stereocenters. The van der Waals surface area contributed by atoms with E-state index in [1.54, 1.807) is 5.38 Å². The molecule has 0 saturated heterocycles. The number of carbonyl (C=O) groups excluding carboxylic acids is 1. The van der Waals surface area contributed by atoms with Crippen LogP contribution >= 0.6 is 27.3 Å². The third-order valence-corrected chi connectivity index (χ3v) is 3.70. The fourth-order valence-corrected chi connectivity index (χ4v) is 2.66. The van der Waals surface area contributed by atoms with Crippen LogP contribution in [-0.2, 0) is 11.8 Å². The monoisotopic (exact) mass is 317 g/mol. The lowest BCUT2D eigenvalue weighted by molar-refractivity contribution is 0.0594. The van der Waals surface area contributed by atoms with E-state index in [0.717, 1.165) is 0 Å². The molecule has 0 atom stereocenters. The lowest BCUT2D eigenvalue weighted by Gasteiger charge is -1.96. The van der Waals surface area contributed by atoms with Crippen LogP contribution in [0.4, 0.5) is 0 Å². The molecule has 0 radical (unpaired) electrons. The summed E-state index contributed by atoms with van der Waals surface area (Å²) in [6, 6.07) is 0. The second-order valence-corrected chi connectivity index (χ2v) is 4.86. The Morgan fingerprint density at radius 3 is 2.88 bits per heavy atom. The third kappa shape index (κ3) is 2.05. The van der Waals surface area contributed by atoms with Gasteiger partial charge >= 0.3 is 5.97 Å². The average Bonchev–Trinajstić information content (AvgIpc) is 2.84. The van der Waals surface area contributed by atoms with Crippen LogP contribution in [0.2, 0.25) is 0 Å². The van der Waals surface area contributed by atoms with Gasteiger partial charge in [-0.2, -0.15) is 0 Å². The quantitative estimate of drug-likeness (QED) is 0.849. The van der Waals surface area contributed by atoms with E-state index in [9.17, 15) is 9.59 Å². The SMILES string of the molecule is COC(=O)c1[nH]n(C)c(=O)c1-c1nc(Br)cs1. The van der Waals surface area contributed by atoms with Gasteiger partial charge in [0.05, 0.1) is 7.11 Å². The number of hydrogen-bond donors (Lipinski definition) is 1. The number of rotatable bonds is 2. The van der Waals surface area contributed by atoms with Crippen LogP contribution in [0, 0.1) is 0 Å². The van der Waals surface area contributed by atoms with Gasteiger partial charge in [-0.1, -0.05) is 0 Å². The highest BCUT2D eigenvalue weighted by molar-refractivity contribution is 9.10. The number of nitrogens with zero attached hydrogens (tertiary/aromatic N) is 2. The molecule has 0 aromatic carbocycles. The maximum Gasteiger partial charge on any atom is 0.356 e. The number of thiazole rings is 1. The molecule has 0 aliphatic rings. The number of carbonyl (C=O) groups is 1. The highest BCUT2D eigenvalue weighted by atomic mass is 79.9. The van der Waals surface area contributed by atoms with Crippen molar-refractivity contribution in [3.8, 4) is 10.6 Å². The molecule has 0 saturated carbocycles. The minimum atomic E-state index is -0.593. The molecule has 2 aromatic heterocycles. The van der Waals surface area contributed by atoms with E-state index in [1.165, 1.54) is 30.2 Å². The van der Waals surface area contributed by atoms with Crippen LogP contribution in [0.5, 0.6) is 0 Å². The second-order valence-electron chi connectivity index (χ2n) is 3.19. The van der Waals surface area contributed by atoms with Crippen LogP contribution in [0.15, 0.2) is 14.8 Å². The third-order valence-electron chi connectivity index (χ3n) is 2.13. The maximum atomic E-state index is 11.9. The summed E-state index contributed by atoms with van der Waals surface area (Å²) < 4.78 is 6.46. The molecule has 2 heterocycles. The van der Waals surface area contributed by atoms with Crippen LogP contribution in [-0.4, -0.2) is 27.8 Å². The molecule has 17 heavy (non-hydrogen) atoms. The van der Waals surface area contributed by atoms with Gasteiger partial charge in [-0.25, -0.2) is 9.78 Å². The summed E-state index contributed by atoms with van der Waals surface area (Å²) in [5.74, 6) is -0.593. The number of aromatic nitrogens is 3. The second kappa shape index (κ2) is 4.46. The number of methoxy groups -OCH3 is 1. The van der Waals surface area contributed by atoms with Crippen molar-refractivity contribution in [2.24, 2.45) is 7.05 Å². The van der Waals surface area contributed by atoms with Crippen molar-refractivity contribution in [2.75, 3.05) is 7.11 Å². The zero-order valence-corrected chi connectivity index (χ0v) is 11.4. The highest BCUT2D eigenvalue weighted by Crippen LogP contribution is 2.25. The number of esters is 1. The Balaban J connectivity index is 2.67. The standard InChI is InChI=1S/C9H8BrN3O3S/c1-13-8(14)5(6(12-13)9(15)16-2)7-11-4(10)3-17-7/h3,12H,1-2H3. The lowest BCUT2D eigenvalue weighted by Crippen LogP contribution is -2.13. The van der Waals surface area contributed by atoms with E-state index in [-0.39, 0.29) is 16.8 Å². The normalized spacial score (nSPS) is 10.5. The number of hydrogen-bond acceptors (Lipinski definition) is 5. The molecule has 0 fully saturated rings. The Labute approximate surface area is 108 Å². The average molecular weight is 318 g/mol. The smallest absolute Gasteiger partial charge is 0.356 e. The van der Waals surface area contributed by atoms with Crippen molar-refractivity contribution in [1.29, 1.82) is 0 Å². The van der Waals surface area contributed by atoms with Gasteiger partial charge in [0.1, 0.15) is 15.2 Å². The van der Waals surface area contributed by atoms with Crippen LogP contribution < -0.4 is 5.56 Å². The van der Waals surface area contributed by atoms with Crippen molar-refractivity contribution >= 4 is 33.2 Å². The molecule has 8 heteroatoms. The molecule has 1 N–H and O–H groups in total. The summed E-state index contributed by atoms with van der Waals surface area (Å²) in [5.41, 5.74) is 0.0316. The van der Waals surface area contributed by atoms with Crippen molar-refractivity contribution in [1.82, 2.24) is 14.8 Å². The minimum Gasteiger partial charge on any atom is -0.464 e. The van der Waals surface area contributed by atoms with E-state index >= 15 is 0 Å². The Kier molecular flexibility index (Phi) is 3.16. The Morgan fingerprint density at radius 1 is 1.65 bits per heavy atom. The fourth-order valence-electron chi connectivity index (χ4n) is 1.37. The first-order chi connectivity index (χ1) is 8.04. The number of ether oxygens (including phenoxy) is 1. The number of H-pyrrole nitrogens is 1. The molecule has 0 spiro atoms. The molecule has 0 aliphatic carbocycles. The van der Waals surface area contributed by atoms with Crippen molar-refractivity contribution in [2.45, 2.75) is 0 Å². The van der Waals surface area contributed by atoms with Gasteiger partial charge < -0.3 is 4.74 Å². The largest absolute Gasteiger partial charge is 0.464 e. The molecule has 2 rings (SSSR count). The van der Waals surface area contributed by atoms with Gasteiger partial charge in [0.25, 0.3) is 5.56 Å². The lowest BCUT2D eigenvalue weighted by atomic mass is 10.2. The van der Waals surface area contributed by atoms with Crippen LogP contribution in [0.3, 0.4) is 0 Å². The molecule has 0 amide bonds. The van der Waals surface area contributed by atoms with Crippen molar-refractivity contribution in [3.05, 3.63) is 26.0 Å². The van der Waals surface area contributed by atoms with Crippen molar-refractivity contribution in [3.63, 3.8) is 0 Å². The molecular formula is C9H8BrN3O3S. The Morgan fingerprint density at radius 2 is 2.35 bits per heavy atom. The Bertz CT molecular complexity index is 628. The summed E-state index contributed by atoms with van der Waals surface area (Å²) in [6.07, 6.45) is 0. The Hall–Kier alpha value is -1.41. The van der Waals surface area contributed by atoms with E-state index in [1.807, 2.05) is 0 Å².